The fourth-order valence-corrected chi connectivity index (χ4v) is 2.73. The summed E-state index contributed by atoms with van der Waals surface area (Å²) in [5.74, 6) is 0.733. The second kappa shape index (κ2) is 9.32. The Labute approximate surface area is 148 Å². The van der Waals surface area contributed by atoms with E-state index in [1.54, 1.807) is 31.3 Å². The van der Waals surface area contributed by atoms with Gasteiger partial charge >= 0.3 is 0 Å². The summed E-state index contributed by atoms with van der Waals surface area (Å²) in [4.78, 5) is 4.37. The van der Waals surface area contributed by atoms with E-state index in [0.717, 1.165) is 11.3 Å². The summed E-state index contributed by atoms with van der Waals surface area (Å²) < 4.78 is 5.53. The van der Waals surface area contributed by atoms with Crippen LogP contribution in [-0.4, -0.2) is 32.5 Å². The first-order valence-electron chi connectivity index (χ1n) is 8.35. The van der Waals surface area contributed by atoms with Crippen LogP contribution in [0.4, 0.5) is 0 Å². The van der Waals surface area contributed by atoms with Gasteiger partial charge in [0.25, 0.3) is 0 Å². The van der Waals surface area contributed by atoms with Crippen LogP contribution in [0.15, 0.2) is 53.6 Å². The number of aromatic nitrogens is 1. The molecule has 3 N–H and O–H groups in total. The number of aliphatic hydroxyl groups is 3. The Morgan fingerprint density at radius 2 is 2.08 bits per heavy atom. The molecule has 0 unspecified atom stereocenters. The monoisotopic (exact) mass is 343 g/mol. The number of aliphatic hydroxyl groups excluding tert-OH is 3. The van der Waals surface area contributed by atoms with E-state index in [9.17, 15) is 10.2 Å². The van der Waals surface area contributed by atoms with Gasteiger partial charge in [0.1, 0.15) is 18.1 Å². The van der Waals surface area contributed by atoms with Crippen molar-refractivity contribution in [1.29, 1.82) is 0 Å². The van der Waals surface area contributed by atoms with Gasteiger partial charge in [-0.2, -0.15) is 0 Å². The zero-order valence-corrected chi connectivity index (χ0v) is 14.4. The first-order valence-corrected chi connectivity index (χ1v) is 8.35. The van der Waals surface area contributed by atoms with E-state index in [1.165, 1.54) is 0 Å². The summed E-state index contributed by atoms with van der Waals surface area (Å²) in [5.41, 5.74) is 1.70. The Hall–Kier alpha value is -2.21. The van der Waals surface area contributed by atoms with Gasteiger partial charge in [-0.1, -0.05) is 12.1 Å². The average Bonchev–Trinajstić information content (AvgIpc) is 3.07. The molecular formula is C20H25NO4. The molecule has 0 aliphatic rings. The van der Waals surface area contributed by atoms with Crippen molar-refractivity contribution in [2.45, 2.75) is 38.6 Å². The van der Waals surface area contributed by atoms with Crippen LogP contribution < -0.4 is 0 Å². The molecule has 3 atom stereocenters. The van der Waals surface area contributed by atoms with Crippen molar-refractivity contribution < 1.29 is 19.7 Å². The van der Waals surface area contributed by atoms with Gasteiger partial charge in [-0.3, -0.25) is 4.98 Å². The summed E-state index contributed by atoms with van der Waals surface area (Å²) in [7, 11) is 0. The smallest absolute Gasteiger partial charge is 0.130 e. The zero-order chi connectivity index (χ0) is 18.2. The van der Waals surface area contributed by atoms with E-state index in [2.05, 4.69) is 11.6 Å². The number of nitrogens with zero attached hydrogens (tertiary/aromatic N) is 1. The van der Waals surface area contributed by atoms with Crippen LogP contribution in [0.2, 0.25) is 0 Å². The Kier molecular flexibility index (Phi) is 7.13. The van der Waals surface area contributed by atoms with Gasteiger partial charge in [0, 0.05) is 12.1 Å². The summed E-state index contributed by atoms with van der Waals surface area (Å²) in [6.45, 7) is 5.17. The molecule has 0 radical (unpaired) electrons. The first-order chi connectivity index (χ1) is 12.0. The number of allylic oxidation sites excluding steroid dienone is 1. The molecule has 0 aromatic carbocycles. The van der Waals surface area contributed by atoms with E-state index >= 15 is 0 Å². The molecule has 0 aliphatic carbocycles. The van der Waals surface area contributed by atoms with E-state index in [1.807, 2.05) is 24.3 Å². The van der Waals surface area contributed by atoms with Crippen molar-refractivity contribution >= 4 is 11.6 Å². The second-order valence-corrected chi connectivity index (χ2v) is 6.01. The summed E-state index contributed by atoms with van der Waals surface area (Å²) in [6, 6.07) is 9.14. The van der Waals surface area contributed by atoms with Crippen LogP contribution in [0.1, 0.15) is 37.0 Å². The summed E-state index contributed by atoms with van der Waals surface area (Å²) >= 11 is 0. The third kappa shape index (κ3) is 5.39. The molecule has 2 heterocycles. The molecule has 5 heteroatoms. The predicted molar refractivity (Wildman–Crippen MR) is 97.3 cm³/mol. The number of pyridine rings is 1. The Morgan fingerprint density at radius 1 is 1.28 bits per heavy atom. The van der Waals surface area contributed by atoms with Crippen molar-refractivity contribution in [3.8, 4) is 0 Å². The number of hydrogen-bond acceptors (Lipinski definition) is 5. The Balaban J connectivity index is 2.19. The lowest BCUT2D eigenvalue weighted by Crippen LogP contribution is -2.28. The molecule has 0 spiro atoms. The largest absolute Gasteiger partial charge is 0.459 e. The molecule has 5 nitrogen and oxygen atoms in total. The van der Waals surface area contributed by atoms with Gasteiger partial charge in [0.2, 0.25) is 0 Å². The minimum absolute atomic E-state index is 0.152. The fraction of sp³-hybridized carbons (Fsp3) is 0.350. The molecular weight excluding hydrogens is 318 g/mol. The molecule has 134 valence electrons. The van der Waals surface area contributed by atoms with Gasteiger partial charge in [-0.15, -0.1) is 6.58 Å². The molecule has 2 aromatic rings. The van der Waals surface area contributed by atoms with Crippen LogP contribution in [0.5, 0.6) is 0 Å². The fourth-order valence-electron chi connectivity index (χ4n) is 2.73. The van der Waals surface area contributed by atoms with Crippen molar-refractivity contribution in [2.75, 3.05) is 0 Å². The van der Waals surface area contributed by atoms with E-state index in [-0.39, 0.29) is 12.5 Å². The highest BCUT2D eigenvalue weighted by Crippen LogP contribution is 2.25. The van der Waals surface area contributed by atoms with Gasteiger partial charge in [-0.05, 0) is 55.7 Å². The molecule has 25 heavy (non-hydrogen) atoms. The van der Waals surface area contributed by atoms with Gasteiger partial charge in [0.05, 0.1) is 17.9 Å². The van der Waals surface area contributed by atoms with Gasteiger partial charge < -0.3 is 19.7 Å². The van der Waals surface area contributed by atoms with E-state index in [0.29, 0.717) is 24.4 Å². The zero-order valence-electron chi connectivity index (χ0n) is 14.4. The molecule has 0 bridgehead atoms. The van der Waals surface area contributed by atoms with Crippen molar-refractivity contribution in [1.82, 2.24) is 4.98 Å². The Bertz CT molecular complexity index is 691. The highest BCUT2D eigenvalue weighted by Gasteiger charge is 2.21. The predicted octanol–water partition coefficient (Wildman–Crippen LogP) is 3.03. The van der Waals surface area contributed by atoms with Crippen LogP contribution >= 0.6 is 0 Å². The number of rotatable bonds is 9. The van der Waals surface area contributed by atoms with Gasteiger partial charge in [0.15, 0.2) is 0 Å². The molecule has 2 rings (SSSR count). The van der Waals surface area contributed by atoms with Crippen molar-refractivity contribution in [2.24, 2.45) is 5.92 Å². The van der Waals surface area contributed by atoms with Crippen LogP contribution in [0.25, 0.3) is 11.6 Å². The third-order valence-corrected chi connectivity index (χ3v) is 4.13. The molecule has 0 fully saturated rings. The van der Waals surface area contributed by atoms with Crippen molar-refractivity contribution in [3.05, 3.63) is 66.4 Å². The minimum Gasteiger partial charge on any atom is -0.459 e. The minimum atomic E-state index is -0.700. The molecule has 2 aromatic heterocycles. The molecule has 0 saturated carbocycles. The summed E-state index contributed by atoms with van der Waals surface area (Å²) in [6.07, 6.45) is 4.81. The maximum atomic E-state index is 10.3. The molecule has 0 saturated heterocycles. The third-order valence-electron chi connectivity index (χ3n) is 4.13. The maximum Gasteiger partial charge on any atom is 0.130 e. The van der Waals surface area contributed by atoms with E-state index in [4.69, 9.17) is 9.52 Å². The van der Waals surface area contributed by atoms with Crippen molar-refractivity contribution in [3.63, 3.8) is 0 Å². The van der Waals surface area contributed by atoms with Gasteiger partial charge in [-0.25, -0.2) is 0 Å². The Morgan fingerprint density at radius 3 is 2.64 bits per heavy atom. The highest BCUT2D eigenvalue weighted by atomic mass is 16.4. The molecule has 0 amide bonds. The lowest BCUT2D eigenvalue weighted by molar-refractivity contribution is 0.0429. The first kappa shape index (κ1) is 19.1. The molecule has 0 aliphatic heterocycles. The maximum absolute atomic E-state index is 10.3. The average molecular weight is 343 g/mol. The number of furan rings is 1. The summed E-state index contributed by atoms with van der Waals surface area (Å²) in [5, 5.41) is 29.2. The van der Waals surface area contributed by atoms with Crippen LogP contribution in [0.3, 0.4) is 0 Å². The van der Waals surface area contributed by atoms with Crippen LogP contribution in [0, 0.1) is 5.92 Å². The highest BCUT2D eigenvalue weighted by molar-refractivity contribution is 5.78. The second-order valence-electron chi connectivity index (χ2n) is 6.01. The lowest BCUT2D eigenvalue weighted by Gasteiger charge is -2.22. The normalized spacial score (nSPS) is 15.6. The standard InChI is InChI=1S/C20H25NO4/c1-3-18(14(2)23)20(24)10-7-15(19-6-4-5-11-21-19)12-16-8-9-17(13-22)25-16/h3-6,8-9,11-12,14,18,20,22-24H,1,7,10,13H2,2H3/b15-12-/t14-,18+,20-/m1/s1. The number of hydrogen-bond donors (Lipinski definition) is 3. The van der Waals surface area contributed by atoms with E-state index < -0.39 is 12.2 Å². The topological polar surface area (TPSA) is 86.7 Å². The SMILES string of the molecule is C=C[C@H]([C@H](O)CC/C(=C/c1ccc(CO)o1)c1ccccn1)[C@@H](C)O. The quantitative estimate of drug-likeness (QED) is 0.609. The lowest BCUT2D eigenvalue weighted by atomic mass is 9.91. The van der Waals surface area contributed by atoms with Crippen LogP contribution in [-0.2, 0) is 6.61 Å².